The van der Waals surface area contributed by atoms with Gasteiger partial charge in [-0.05, 0) is 12.8 Å². The van der Waals surface area contributed by atoms with Gasteiger partial charge in [-0.25, -0.2) is 4.39 Å². The van der Waals surface area contributed by atoms with Gasteiger partial charge in [0.25, 0.3) is 0 Å². The largest absolute Gasteiger partial charge is 0.328 e. The Labute approximate surface area is 55.4 Å². The highest BCUT2D eigenvalue weighted by Gasteiger charge is 2.29. The van der Waals surface area contributed by atoms with Gasteiger partial charge in [0, 0.05) is 6.54 Å². The lowest BCUT2D eigenvalue weighted by Crippen LogP contribution is -2.34. The van der Waals surface area contributed by atoms with Gasteiger partial charge in [-0.2, -0.15) is 0 Å². The fraction of sp³-hybridized carbons (Fsp3) is 1.00. The molecular formula is C7H14FN. The van der Waals surface area contributed by atoms with Crippen molar-refractivity contribution in [2.45, 2.75) is 37.8 Å². The standard InChI is InChI=1S/C7H14FN/c8-7(6-9)4-2-1-3-5-7/h1-6,9H2. The normalized spacial score (nSPS) is 26.0. The van der Waals surface area contributed by atoms with E-state index < -0.39 is 5.67 Å². The van der Waals surface area contributed by atoms with Crippen LogP contribution in [0.2, 0.25) is 0 Å². The Morgan fingerprint density at radius 2 is 1.78 bits per heavy atom. The van der Waals surface area contributed by atoms with E-state index in [4.69, 9.17) is 5.73 Å². The molecule has 1 saturated carbocycles. The summed E-state index contributed by atoms with van der Waals surface area (Å²) >= 11 is 0. The molecule has 0 saturated heterocycles. The first kappa shape index (κ1) is 7.00. The van der Waals surface area contributed by atoms with Crippen LogP contribution in [-0.2, 0) is 0 Å². The average Bonchev–Trinajstić information content (AvgIpc) is 1.90. The van der Waals surface area contributed by atoms with E-state index in [9.17, 15) is 4.39 Å². The average molecular weight is 131 g/mol. The predicted molar refractivity (Wildman–Crippen MR) is 36.0 cm³/mol. The molecule has 2 heteroatoms. The molecule has 0 unspecified atom stereocenters. The van der Waals surface area contributed by atoms with Crippen LogP contribution >= 0.6 is 0 Å². The molecule has 0 atom stereocenters. The Morgan fingerprint density at radius 1 is 1.22 bits per heavy atom. The maximum Gasteiger partial charge on any atom is 0.123 e. The minimum absolute atomic E-state index is 0.215. The van der Waals surface area contributed by atoms with Crippen LogP contribution in [0.1, 0.15) is 32.1 Å². The first-order chi connectivity index (χ1) is 4.27. The van der Waals surface area contributed by atoms with Gasteiger partial charge in [-0.1, -0.05) is 19.3 Å². The molecule has 0 aromatic rings. The van der Waals surface area contributed by atoms with Crippen molar-refractivity contribution in [3.8, 4) is 0 Å². The van der Waals surface area contributed by atoms with Crippen molar-refractivity contribution in [3.63, 3.8) is 0 Å². The summed E-state index contributed by atoms with van der Waals surface area (Å²) in [4.78, 5) is 0. The molecule has 2 N–H and O–H groups in total. The van der Waals surface area contributed by atoms with Gasteiger partial charge in [0.1, 0.15) is 5.67 Å². The van der Waals surface area contributed by atoms with Crippen LogP contribution in [0.5, 0.6) is 0 Å². The second-order valence-electron chi connectivity index (χ2n) is 2.92. The summed E-state index contributed by atoms with van der Waals surface area (Å²) in [5.74, 6) is 0. The number of alkyl halides is 1. The molecule has 54 valence electrons. The Kier molecular flexibility index (Phi) is 2.06. The van der Waals surface area contributed by atoms with Crippen LogP contribution in [0.3, 0.4) is 0 Å². The second-order valence-corrected chi connectivity index (χ2v) is 2.92. The first-order valence-corrected chi connectivity index (χ1v) is 3.66. The van der Waals surface area contributed by atoms with Gasteiger partial charge >= 0.3 is 0 Å². The number of hydrogen-bond acceptors (Lipinski definition) is 1. The summed E-state index contributed by atoms with van der Waals surface area (Å²) in [7, 11) is 0. The zero-order valence-corrected chi connectivity index (χ0v) is 5.70. The van der Waals surface area contributed by atoms with E-state index in [1.165, 1.54) is 6.42 Å². The molecule has 1 aliphatic rings. The maximum absolute atomic E-state index is 13.2. The molecule has 9 heavy (non-hydrogen) atoms. The molecular weight excluding hydrogens is 117 g/mol. The Hall–Kier alpha value is -0.110. The summed E-state index contributed by atoms with van der Waals surface area (Å²) in [6.45, 7) is 0.215. The van der Waals surface area contributed by atoms with E-state index in [1.54, 1.807) is 0 Å². The molecule has 0 heterocycles. The highest BCUT2D eigenvalue weighted by Crippen LogP contribution is 2.30. The summed E-state index contributed by atoms with van der Waals surface area (Å²) in [5.41, 5.74) is 4.26. The zero-order chi connectivity index (χ0) is 6.74. The summed E-state index contributed by atoms with van der Waals surface area (Å²) in [6, 6.07) is 0. The van der Waals surface area contributed by atoms with E-state index in [0.717, 1.165) is 12.8 Å². The molecule has 1 rings (SSSR count). The number of halogens is 1. The minimum atomic E-state index is -1.00. The van der Waals surface area contributed by atoms with Crippen LogP contribution in [0.4, 0.5) is 4.39 Å². The van der Waals surface area contributed by atoms with Crippen molar-refractivity contribution in [1.82, 2.24) is 0 Å². The SMILES string of the molecule is NCC1(F)CCCCC1. The van der Waals surface area contributed by atoms with Gasteiger partial charge in [-0.3, -0.25) is 0 Å². The molecule has 0 aromatic heterocycles. The molecule has 0 bridgehead atoms. The monoisotopic (exact) mass is 131 g/mol. The number of nitrogens with two attached hydrogens (primary N) is 1. The van der Waals surface area contributed by atoms with Gasteiger partial charge < -0.3 is 5.73 Å². The molecule has 1 fully saturated rings. The molecule has 1 nitrogen and oxygen atoms in total. The van der Waals surface area contributed by atoms with Crippen LogP contribution in [0.15, 0.2) is 0 Å². The van der Waals surface area contributed by atoms with Crippen LogP contribution in [0.25, 0.3) is 0 Å². The predicted octanol–water partition coefficient (Wildman–Crippen LogP) is 1.62. The summed E-state index contributed by atoms with van der Waals surface area (Å²) < 4.78 is 13.2. The highest BCUT2D eigenvalue weighted by molar-refractivity contribution is 4.83. The zero-order valence-electron chi connectivity index (χ0n) is 5.70. The van der Waals surface area contributed by atoms with Crippen LogP contribution in [0, 0.1) is 0 Å². The molecule has 0 aromatic carbocycles. The highest BCUT2D eigenvalue weighted by atomic mass is 19.1. The van der Waals surface area contributed by atoms with Gasteiger partial charge in [-0.15, -0.1) is 0 Å². The molecule has 0 aliphatic heterocycles. The third-order valence-corrected chi connectivity index (χ3v) is 2.12. The van der Waals surface area contributed by atoms with Crippen molar-refractivity contribution in [1.29, 1.82) is 0 Å². The van der Waals surface area contributed by atoms with Crippen molar-refractivity contribution in [2.24, 2.45) is 5.73 Å². The van der Waals surface area contributed by atoms with Crippen molar-refractivity contribution in [2.75, 3.05) is 6.54 Å². The van der Waals surface area contributed by atoms with Crippen LogP contribution < -0.4 is 5.73 Å². The Morgan fingerprint density at radius 3 is 2.11 bits per heavy atom. The second kappa shape index (κ2) is 2.65. The fourth-order valence-electron chi connectivity index (χ4n) is 1.39. The quantitative estimate of drug-likeness (QED) is 0.575. The molecule has 0 radical (unpaired) electrons. The summed E-state index contributed by atoms with van der Waals surface area (Å²) in [5, 5.41) is 0. The van der Waals surface area contributed by atoms with Gasteiger partial charge in [0.05, 0.1) is 0 Å². The number of rotatable bonds is 1. The first-order valence-electron chi connectivity index (χ1n) is 3.66. The smallest absolute Gasteiger partial charge is 0.123 e. The third kappa shape index (κ3) is 1.65. The topological polar surface area (TPSA) is 26.0 Å². The Balaban J connectivity index is 2.37. The maximum atomic E-state index is 13.2. The van der Waals surface area contributed by atoms with E-state index in [1.807, 2.05) is 0 Å². The lowest BCUT2D eigenvalue weighted by atomic mass is 9.87. The summed E-state index contributed by atoms with van der Waals surface area (Å²) in [6.07, 6.45) is 4.60. The lowest BCUT2D eigenvalue weighted by Gasteiger charge is -2.27. The van der Waals surface area contributed by atoms with Crippen LogP contribution in [-0.4, -0.2) is 12.2 Å². The molecule has 1 aliphatic carbocycles. The van der Waals surface area contributed by atoms with E-state index in [-0.39, 0.29) is 6.54 Å². The van der Waals surface area contributed by atoms with Crippen molar-refractivity contribution >= 4 is 0 Å². The third-order valence-electron chi connectivity index (χ3n) is 2.12. The van der Waals surface area contributed by atoms with E-state index >= 15 is 0 Å². The fourth-order valence-corrected chi connectivity index (χ4v) is 1.39. The van der Waals surface area contributed by atoms with E-state index in [2.05, 4.69) is 0 Å². The number of hydrogen-bond donors (Lipinski definition) is 1. The van der Waals surface area contributed by atoms with E-state index in [0.29, 0.717) is 12.8 Å². The van der Waals surface area contributed by atoms with Crippen molar-refractivity contribution in [3.05, 3.63) is 0 Å². The minimum Gasteiger partial charge on any atom is -0.328 e. The lowest BCUT2D eigenvalue weighted by molar-refractivity contribution is 0.117. The molecule has 0 amide bonds. The van der Waals surface area contributed by atoms with Gasteiger partial charge in [0.15, 0.2) is 0 Å². The van der Waals surface area contributed by atoms with Crippen molar-refractivity contribution < 1.29 is 4.39 Å². The van der Waals surface area contributed by atoms with Gasteiger partial charge in [0.2, 0.25) is 0 Å². The Bertz CT molecular complexity index is 86.9. The molecule has 0 spiro atoms.